The van der Waals surface area contributed by atoms with Crippen molar-refractivity contribution in [1.29, 1.82) is 0 Å². The van der Waals surface area contributed by atoms with Crippen molar-refractivity contribution in [2.75, 3.05) is 19.3 Å². The van der Waals surface area contributed by atoms with E-state index in [0.717, 1.165) is 35.8 Å². The van der Waals surface area contributed by atoms with E-state index >= 15 is 0 Å². The second-order valence-corrected chi connectivity index (χ2v) is 7.66. The summed E-state index contributed by atoms with van der Waals surface area (Å²) in [6.07, 6.45) is 2.70. The lowest BCUT2D eigenvalue weighted by atomic mass is 10.0. The Labute approximate surface area is 166 Å². The molecule has 0 aliphatic carbocycles. The Kier molecular flexibility index (Phi) is 5.36. The third-order valence-corrected chi connectivity index (χ3v) is 5.76. The molecular formula is C21H19NO5S. The highest BCUT2D eigenvalue weighted by Crippen LogP contribution is 2.49. The number of carbonyl (C=O) groups excluding carboxylic acids is 2. The molecule has 2 aromatic rings. The van der Waals surface area contributed by atoms with Crippen LogP contribution in [-0.4, -0.2) is 31.3 Å². The summed E-state index contributed by atoms with van der Waals surface area (Å²) in [4.78, 5) is 23.9. The topological polar surface area (TPSA) is 73.9 Å². The van der Waals surface area contributed by atoms with Gasteiger partial charge in [0, 0.05) is 40.8 Å². The van der Waals surface area contributed by atoms with Gasteiger partial charge in [0.1, 0.15) is 11.5 Å². The van der Waals surface area contributed by atoms with Crippen LogP contribution in [0.25, 0.3) is 0 Å². The first-order chi connectivity index (χ1) is 13.7. The molecule has 2 heterocycles. The summed E-state index contributed by atoms with van der Waals surface area (Å²) in [6.45, 7) is 0.876. The molecule has 0 saturated heterocycles. The van der Waals surface area contributed by atoms with Crippen molar-refractivity contribution in [1.82, 2.24) is 5.32 Å². The van der Waals surface area contributed by atoms with Gasteiger partial charge in [0.2, 0.25) is 0 Å². The van der Waals surface area contributed by atoms with E-state index in [4.69, 9.17) is 14.2 Å². The fourth-order valence-corrected chi connectivity index (χ4v) is 4.45. The molecule has 1 atom stereocenters. The molecule has 0 fully saturated rings. The van der Waals surface area contributed by atoms with Gasteiger partial charge in [-0.25, -0.2) is 9.59 Å². The van der Waals surface area contributed by atoms with Crippen LogP contribution in [0.4, 0.5) is 0 Å². The summed E-state index contributed by atoms with van der Waals surface area (Å²) in [5, 5.41) is 3.26. The second-order valence-electron chi connectivity index (χ2n) is 6.35. The number of ether oxygens (including phenoxy) is 3. The van der Waals surface area contributed by atoms with E-state index in [9.17, 15) is 9.59 Å². The van der Waals surface area contributed by atoms with E-state index < -0.39 is 11.9 Å². The molecule has 0 aromatic heterocycles. The van der Waals surface area contributed by atoms with Crippen LogP contribution >= 0.6 is 11.8 Å². The second kappa shape index (κ2) is 8.08. The van der Waals surface area contributed by atoms with Gasteiger partial charge in [-0.1, -0.05) is 18.2 Å². The molecule has 0 radical (unpaired) electrons. The zero-order valence-electron chi connectivity index (χ0n) is 15.3. The SMILES string of the molecule is CNCCSC1Cc2c(ccc3c2OC(=O)/C=C\C(=O)O3)Oc2ccccc21. The zero-order chi connectivity index (χ0) is 19.5. The number of hydrogen-bond donors (Lipinski definition) is 1. The van der Waals surface area contributed by atoms with Gasteiger partial charge in [-0.15, -0.1) is 0 Å². The van der Waals surface area contributed by atoms with Crippen LogP contribution in [0.15, 0.2) is 48.6 Å². The van der Waals surface area contributed by atoms with Crippen molar-refractivity contribution in [2.45, 2.75) is 11.7 Å². The zero-order valence-corrected chi connectivity index (χ0v) is 16.1. The highest BCUT2D eigenvalue weighted by molar-refractivity contribution is 7.99. The van der Waals surface area contributed by atoms with Crippen LogP contribution in [0.5, 0.6) is 23.0 Å². The van der Waals surface area contributed by atoms with Gasteiger partial charge >= 0.3 is 11.9 Å². The van der Waals surface area contributed by atoms with E-state index in [1.54, 1.807) is 23.9 Å². The van der Waals surface area contributed by atoms with Crippen LogP contribution in [0.3, 0.4) is 0 Å². The molecule has 0 spiro atoms. The van der Waals surface area contributed by atoms with Gasteiger partial charge in [-0.3, -0.25) is 0 Å². The highest BCUT2D eigenvalue weighted by atomic mass is 32.2. The number of hydrogen-bond acceptors (Lipinski definition) is 7. The molecule has 1 N–H and O–H groups in total. The first kappa shape index (κ1) is 18.6. The normalized spacial score (nSPS) is 18.8. The fraction of sp³-hybridized carbons (Fsp3) is 0.238. The highest BCUT2D eigenvalue weighted by Gasteiger charge is 2.29. The Morgan fingerprint density at radius 1 is 0.964 bits per heavy atom. The average Bonchev–Trinajstić information content (AvgIpc) is 2.84. The van der Waals surface area contributed by atoms with Crippen molar-refractivity contribution >= 4 is 23.7 Å². The molecule has 0 saturated carbocycles. The Morgan fingerprint density at radius 3 is 2.54 bits per heavy atom. The smallest absolute Gasteiger partial charge is 0.336 e. The summed E-state index contributed by atoms with van der Waals surface area (Å²) < 4.78 is 17.0. The van der Waals surface area contributed by atoms with Crippen LogP contribution < -0.4 is 19.5 Å². The molecule has 2 aliphatic rings. The largest absolute Gasteiger partial charge is 0.457 e. The number of thioether (sulfide) groups is 1. The van der Waals surface area contributed by atoms with Gasteiger partial charge in [0.25, 0.3) is 0 Å². The maximum absolute atomic E-state index is 12.1. The summed E-state index contributed by atoms with van der Waals surface area (Å²) in [6, 6.07) is 11.2. The average molecular weight is 397 g/mol. The van der Waals surface area contributed by atoms with Gasteiger partial charge in [-0.05, 0) is 31.7 Å². The third-order valence-electron chi connectivity index (χ3n) is 4.50. The Morgan fingerprint density at radius 2 is 1.71 bits per heavy atom. The van der Waals surface area contributed by atoms with Crippen molar-refractivity contribution in [3.05, 3.63) is 59.7 Å². The standard InChI is InChI=1S/C21H19NO5S/c1-22-10-11-28-18-12-14-16(25-15-5-3-2-4-13(15)18)6-7-17-21(14)27-20(24)9-8-19(23)26-17/h2-9,18,22H,10-12H2,1H3/b9-8-. The predicted molar refractivity (Wildman–Crippen MR) is 106 cm³/mol. The van der Waals surface area contributed by atoms with E-state index in [0.29, 0.717) is 17.7 Å². The van der Waals surface area contributed by atoms with Gasteiger partial charge in [0.15, 0.2) is 11.5 Å². The number of para-hydroxylation sites is 1. The molecule has 2 aliphatic heterocycles. The van der Waals surface area contributed by atoms with E-state index in [1.807, 2.05) is 25.2 Å². The minimum atomic E-state index is -0.618. The minimum Gasteiger partial charge on any atom is -0.457 e. The number of rotatable bonds is 4. The van der Waals surface area contributed by atoms with Crippen LogP contribution in [0, 0.1) is 0 Å². The summed E-state index contributed by atoms with van der Waals surface area (Å²) in [7, 11) is 1.92. The summed E-state index contributed by atoms with van der Waals surface area (Å²) in [5.74, 6) is 1.51. The Hall–Kier alpha value is -2.77. The van der Waals surface area contributed by atoms with E-state index in [1.165, 1.54) is 0 Å². The van der Waals surface area contributed by atoms with E-state index in [2.05, 4.69) is 11.4 Å². The quantitative estimate of drug-likeness (QED) is 0.481. The maximum atomic E-state index is 12.1. The Balaban J connectivity index is 1.78. The molecule has 0 bridgehead atoms. The van der Waals surface area contributed by atoms with Gasteiger partial charge in [0.05, 0.1) is 0 Å². The fourth-order valence-electron chi connectivity index (χ4n) is 3.19. The molecule has 6 nitrogen and oxygen atoms in total. The first-order valence-corrected chi connectivity index (χ1v) is 10.0. The van der Waals surface area contributed by atoms with Crippen LogP contribution in [0.1, 0.15) is 16.4 Å². The molecule has 1 unspecified atom stereocenters. The molecule has 4 rings (SSSR count). The monoisotopic (exact) mass is 397 g/mol. The summed E-state index contributed by atoms with van der Waals surface area (Å²) >= 11 is 1.80. The first-order valence-electron chi connectivity index (χ1n) is 8.96. The van der Waals surface area contributed by atoms with Gasteiger partial charge in [-0.2, -0.15) is 11.8 Å². The Bertz CT molecular complexity index is 956. The van der Waals surface area contributed by atoms with Crippen molar-refractivity contribution < 1.29 is 23.8 Å². The maximum Gasteiger partial charge on any atom is 0.336 e. The van der Waals surface area contributed by atoms with Crippen LogP contribution in [0.2, 0.25) is 0 Å². The molecule has 2 aromatic carbocycles. The lowest BCUT2D eigenvalue weighted by molar-refractivity contribution is -0.133. The molecular weight excluding hydrogens is 378 g/mol. The third kappa shape index (κ3) is 3.76. The summed E-state index contributed by atoms with van der Waals surface area (Å²) in [5.41, 5.74) is 1.80. The predicted octanol–water partition coefficient (Wildman–Crippen LogP) is 3.41. The molecule has 28 heavy (non-hydrogen) atoms. The number of esters is 2. The molecule has 0 amide bonds. The number of benzene rings is 2. The number of nitrogens with one attached hydrogen (secondary N) is 1. The molecule has 7 heteroatoms. The van der Waals surface area contributed by atoms with E-state index in [-0.39, 0.29) is 16.7 Å². The van der Waals surface area contributed by atoms with Crippen molar-refractivity contribution in [3.8, 4) is 23.0 Å². The van der Waals surface area contributed by atoms with Gasteiger partial charge < -0.3 is 19.5 Å². The number of carbonyl (C=O) groups is 2. The lowest BCUT2D eigenvalue weighted by Crippen LogP contribution is -2.15. The minimum absolute atomic E-state index is 0.104. The van der Waals surface area contributed by atoms with Crippen molar-refractivity contribution in [2.24, 2.45) is 0 Å². The van der Waals surface area contributed by atoms with Crippen LogP contribution in [-0.2, 0) is 16.0 Å². The van der Waals surface area contributed by atoms with Crippen molar-refractivity contribution in [3.63, 3.8) is 0 Å². The number of fused-ring (bicyclic) bond motifs is 4. The lowest BCUT2D eigenvalue weighted by Gasteiger charge is -2.19. The molecule has 144 valence electrons.